The van der Waals surface area contributed by atoms with Gasteiger partial charge in [0.25, 0.3) is 11.8 Å². The quantitative estimate of drug-likeness (QED) is 0.172. The van der Waals surface area contributed by atoms with Crippen LogP contribution in [-0.4, -0.2) is 51.7 Å². The van der Waals surface area contributed by atoms with E-state index >= 15 is 0 Å². The molecule has 1 aliphatic heterocycles. The fourth-order valence-electron chi connectivity index (χ4n) is 4.80. The van der Waals surface area contributed by atoms with E-state index in [9.17, 15) is 14.4 Å². The van der Waals surface area contributed by atoms with Crippen molar-refractivity contribution in [3.63, 3.8) is 0 Å². The van der Waals surface area contributed by atoms with Crippen molar-refractivity contribution in [3.8, 4) is 11.4 Å². The van der Waals surface area contributed by atoms with Crippen molar-refractivity contribution >= 4 is 46.6 Å². The van der Waals surface area contributed by atoms with E-state index in [4.69, 9.17) is 5.11 Å². The predicted molar refractivity (Wildman–Crippen MR) is 171 cm³/mol. The van der Waals surface area contributed by atoms with Crippen molar-refractivity contribution in [1.82, 2.24) is 9.97 Å². The lowest BCUT2D eigenvalue weighted by atomic mass is 10.1. The van der Waals surface area contributed by atoms with Crippen LogP contribution in [0.2, 0.25) is 0 Å². The number of aliphatic carboxylic acids is 1. The van der Waals surface area contributed by atoms with E-state index in [0.717, 1.165) is 42.7 Å². The van der Waals surface area contributed by atoms with Crippen LogP contribution in [0.4, 0.5) is 17.1 Å². The Morgan fingerprint density at radius 1 is 0.837 bits per heavy atom. The number of rotatable bonds is 11. The second-order valence-corrected chi connectivity index (χ2v) is 11.3. The maximum absolute atomic E-state index is 13.6. The summed E-state index contributed by atoms with van der Waals surface area (Å²) in [5.74, 6) is 0.223. The average molecular weight is 596 g/mol. The van der Waals surface area contributed by atoms with Crippen molar-refractivity contribution in [2.75, 3.05) is 34.4 Å². The number of nitrogens with one attached hydrogen (secondary N) is 2. The third-order valence-electron chi connectivity index (χ3n) is 7.10. The first-order valence-corrected chi connectivity index (χ1v) is 15.4. The molecule has 220 valence electrons. The second-order valence-electron chi connectivity index (χ2n) is 10.2. The number of amides is 2. The van der Waals surface area contributed by atoms with Crippen molar-refractivity contribution < 1.29 is 19.5 Å². The van der Waals surface area contributed by atoms with Crippen molar-refractivity contribution in [3.05, 3.63) is 102 Å². The van der Waals surface area contributed by atoms with Crippen LogP contribution in [0.1, 0.15) is 52.0 Å². The van der Waals surface area contributed by atoms with Gasteiger partial charge in [-0.1, -0.05) is 42.5 Å². The number of carboxylic acids is 1. The van der Waals surface area contributed by atoms with E-state index in [-0.39, 0.29) is 18.2 Å². The maximum atomic E-state index is 13.6. The number of benzene rings is 3. The molecule has 2 amide bonds. The van der Waals surface area contributed by atoms with Crippen LogP contribution in [0.5, 0.6) is 0 Å². The van der Waals surface area contributed by atoms with E-state index in [0.29, 0.717) is 39.8 Å². The lowest BCUT2D eigenvalue weighted by molar-refractivity contribution is -0.136. The number of carboxylic acid groups (broad SMARTS) is 1. The molecule has 1 aliphatic rings. The summed E-state index contributed by atoms with van der Waals surface area (Å²) in [5.41, 5.74) is 4.46. The minimum absolute atomic E-state index is 0.115. The molecule has 2 heterocycles. The van der Waals surface area contributed by atoms with Crippen molar-refractivity contribution in [1.29, 1.82) is 0 Å². The Morgan fingerprint density at radius 2 is 1.56 bits per heavy atom. The number of anilines is 3. The molecule has 1 fully saturated rings. The van der Waals surface area contributed by atoms with Gasteiger partial charge in [-0.25, -0.2) is 9.97 Å². The first-order valence-electron chi connectivity index (χ1n) is 14.2. The van der Waals surface area contributed by atoms with Gasteiger partial charge in [0.1, 0.15) is 0 Å². The molecule has 3 N–H and O–H groups in total. The van der Waals surface area contributed by atoms with E-state index in [1.54, 1.807) is 30.6 Å². The van der Waals surface area contributed by atoms with Crippen LogP contribution < -0.4 is 15.5 Å². The van der Waals surface area contributed by atoms with Gasteiger partial charge < -0.3 is 20.6 Å². The Labute approximate surface area is 254 Å². The molecule has 0 aliphatic carbocycles. The molecule has 43 heavy (non-hydrogen) atoms. The van der Waals surface area contributed by atoms with Gasteiger partial charge in [0.15, 0.2) is 5.82 Å². The van der Waals surface area contributed by atoms with Gasteiger partial charge in [0, 0.05) is 41.4 Å². The molecule has 0 saturated carbocycles. The standard InChI is InChI=1S/C33H33N5O4S/c39-30(40)15-18-43-22-23-9-11-25(12-10-23)32(41)37-29-14-13-27(38-16-5-2-6-17-38)19-28(29)33(42)36-26-20-34-31(35-21-26)24-7-3-1-4-8-24/h1,3-4,7-14,19-21H,2,5-6,15-18,22H2,(H,36,42)(H,37,41)(H,39,40). The molecule has 0 spiro atoms. The zero-order valence-corrected chi connectivity index (χ0v) is 24.5. The van der Waals surface area contributed by atoms with Crippen molar-refractivity contribution in [2.24, 2.45) is 0 Å². The van der Waals surface area contributed by atoms with Gasteiger partial charge in [0.05, 0.1) is 35.8 Å². The summed E-state index contributed by atoms with van der Waals surface area (Å²) >= 11 is 1.53. The van der Waals surface area contributed by atoms with Crippen LogP contribution in [0.3, 0.4) is 0 Å². The summed E-state index contributed by atoms with van der Waals surface area (Å²) in [6, 6.07) is 22.3. The lowest BCUT2D eigenvalue weighted by Gasteiger charge is -2.29. The highest BCUT2D eigenvalue weighted by atomic mass is 32.2. The Balaban J connectivity index is 1.31. The van der Waals surface area contributed by atoms with E-state index in [2.05, 4.69) is 25.5 Å². The Bertz CT molecular complexity index is 1560. The molecule has 0 radical (unpaired) electrons. The molecule has 0 unspecified atom stereocenters. The molecule has 0 bridgehead atoms. The topological polar surface area (TPSA) is 125 Å². The zero-order valence-electron chi connectivity index (χ0n) is 23.7. The van der Waals surface area contributed by atoms with Gasteiger partial charge in [-0.05, 0) is 55.2 Å². The molecule has 1 saturated heterocycles. The molecule has 0 atom stereocenters. The normalized spacial score (nSPS) is 12.9. The van der Waals surface area contributed by atoms with Gasteiger partial charge >= 0.3 is 5.97 Å². The lowest BCUT2D eigenvalue weighted by Crippen LogP contribution is -2.29. The highest BCUT2D eigenvalue weighted by molar-refractivity contribution is 7.98. The first kappa shape index (κ1) is 29.8. The third kappa shape index (κ3) is 8.20. The van der Waals surface area contributed by atoms with Crippen LogP contribution in [-0.2, 0) is 10.5 Å². The molecule has 9 nitrogen and oxygen atoms in total. The van der Waals surface area contributed by atoms with Crippen LogP contribution in [0.15, 0.2) is 85.2 Å². The van der Waals surface area contributed by atoms with Crippen LogP contribution in [0.25, 0.3) is 11.4 Å². The van der Waals surface area contributed by atoms with E-state index in [1.807, 2.05) is 54.6 Å². The fourth-order valence-corrected chi connectivity index (χ4v) is 5.69. The van der Waals surface area contributed by atoms with Gasteiger partial charge in [-0.2, -0.15) is 11.8 Å². The van der Waals surface area contributed by atoms with Gasteiger partial charge in [-0.3, -0.25) is 14.4 Å². The molecular weight excluding hydrogens is 562 g/mol. The first-order chi connectivity index (χ1) is 21.0. The number of carbonyl (C=O) groups is 3. The number of nitrogens with zero attached hydrogens (tertiary/aromatic N) is 3. The molecular formula is C33H33N5O4S. The minimum atomic E-state index is -0.814. The summed E-state index contributed by atoms with van der Waals surface area (Å²) in [7, 11) is 0. The van der Waals surface area contributed by atoms with Gasteiger partial charge in [0.2, 0.25) is 0 Å². The van der Waals surface area contributed by atoms with E-state index < -0.39 is 5.97 Å². The highest BCUT2D eigenvalue weighted by Gasteiger charge is 2.19. The summed E-state index contributed by atoms with van der Waals surface area (Å²) in [4.78, 5) is 48.6. The average Bonchev–Trinajstić information content (AvgIpc) is 3.04. The zero-order chi connectivity index (χ0) is 30.0. The smallest absolute Gasteiger partial charge is 0.304 e. The van der Waals surface area contributed by atoms with Crippen LogP contribution >= 0.6 is 11.8 Å². The monoisotopic (exact) mass is 595 g/mol. The minimum Gasteiger partial charge on any atom is -0.481 e. The number of hydrogen-bond acceptors (Lipinski definition) is 7. The van der Waals surface area contributed by atoms with Crippen molar-refractivity contribution in [2.45, 2.75) is 31.4 Å². The Morgan fingerprint density at radius 3 is 2.26 bits per heavy atom. The number of piperidine rings is 1. The summed E-state index contributed by atoms with van der Waals surface area (Å²) in [5, 5.41) is 14.6. The Hall–Kier alpha value is -4.70. The molecule has 4 aromatic rings. The van der Waals surface area contributed by atoms with Crippen LogP contribution in [0, 0.1) is 0 Å². The number of thioether (sulfide) groups is 1. The number of aromatic nitrogens is 2. The molecule has 10 heteroatoms. The molecule has 1 aromatic heterocycles. The van der Waals surface area contributed by atoms with E-state index in [1.165, 1.54) is 18.2 Å². The highest BCUT2D eigenvalue weighted by Crippen LogP contribution is 2.27. The number of hydrogen-bond donors (Lipinski definition) is 3. The SMILES string of the molecule is O=C(O)CCSCc1ccc(C(=O)Nc2ccc(N3CCCCC3)cc2C(=O)Nc2cnc(-c3ccccc3)nc2)cc1. The maximum Gasteiger partial charge on any atom is 0.304 e. The van der Waals surface area contributed by atoms with Gasteiger partial charge in [-0.15, -0.1) is 0 Å². The second kappa shape index (κ2) is 14.5. The predicted octanol–water partition coefficient (Wildman–Crippen LogP) is 6.35. The number of carbonyl (C=O) groups excluding carboxylic acids is 2. The summed E-state index contributed by atoms with van der Waals surface area (Å²) in [6.07, 6.45) is 6.64. The summed E-state index contributed by atoms with van der Waals surface area (Å²) < 4.78 is 0. The molecule has 3 aromatic carbocycles. The molecule has 5 rings (SSSR count). The summed E-state index contributed by atoms with van der Waals surface area (Å²) in [6.45, 7) is 1.84. The Kier molecular flexibility index (Phi) is 10.0. The fraction of sp³-hybridized carbons (Fsp3) is 0.242. The third-order valence-corrected chi connectivity index (χ3v) is 8.13. The largest absolute Gasteiger partial charge is 0.481 e.